The zero-order valence-corrected chi connectivity index (χ0v) is 10.3. The van der Waals surface area contributed by atoms with Gasteiger partial charge in [-0.1, -0.05) is 56.7 Å². The van der Waals surface area contributed by atoms with Crippen molar-refractivity contribution in [2.45, 2.75) is 41.0 Å². The monoisotopic (exact) mass is 192 g/mol. The molecular weight excluding hydrogens is 168 g/mol. The van der Waals surface area contributed by atoms with E-state index in [0.29, 0.717) is 0 Å². The van der Waals surface area contributed by atoms with Crippen LogP contribution >= 0.6 is 0 Å². The summed E-state index contributed by atoms with van der Waals surface area (Å²) < 4.78 is 0. The minimum atomic E-state index is 0.767. The normalized spacial score (nSPS) is 15.1. The van der Waals surface area contributed by atoms with Crippen molar-refractivity contribution in [2.75, 3.05) is 0 Å². The highest BCUT2D eigenvalue weighted by atomic mass is 14.1. The second kappa shape index (κ2) is 6.64. The number of hydrogen-bond acceptors (Lipinski definition) is 0. The molecule has 0 radical (unpaired) electrons. The molecule has 0 aromatic carbocycles. The van der Waals surface area contributed by atoms with Crippen LogP contribution < -0.4 is 0 Å². The van der Waals surface area contributed by atoms with Crippen LogP contribution in [-0.2, 0) is 0 Å². The predicted octanol–water partition coefficient (Wildman–Crippen LogP) is 4.75. The minimum absolute atomic E-state index is 0.767. The molecule has 0 aliphatic heterocycles. The Bertz CT molecular complexity index is 228. The van der Waals surface area contributed by atoms with Crippen LogP contribution in [0.5, 0.6) is 0 Å². The third kappa shape index (κ3) is 6.71. The molecule has 0 nitrogen and oxygen atoms in total. The van der Waals surface area contributed by atoms with Crippen molar-refractivity contribution in [3.8, 4) is 0 Å². The highest BCUT2D eigenvalue weighted by molar-refractivity contribution is 5.23. The van der Waals surface area contributed by atoms with E-state index >= 15 is 0 Å². The van der Waals surface area contributed by atoms with Gasteiger partial charge in [0.05, 0.1) is 0 Å². The van der Waals surface area contributed by atoms with Gasteiger partial charge in [0, 0.05) is 0 Å². The van der Waals surface area contributed by atoms with Crippen LogP contribution in [0.2, 0.25) is 0 Å². The maximum atomic E-state index is 3.84. The highest BCUT2D eigenvalue weighted by Crippen LogP contribution is 2.15. The standard InChI is InChI=1S/C14H24/c1-11(2)7-8-13(5)9-10-14(6)12(3)4/h7-9,12,14H,1,10H2,2-6H3. The highest BCUT2D eigenvalue weighted by Gasteiger charge is 2.03. The van der Waals surface area contributed by atoms with Gasteiger partial charge in [0.15, 0.2) is 0 Å². The topological polar surface area (TPSA) is 0 Å². The smallest absolute Gasteiger partial charge is 0.0317 e. The summed E-state index contributed by atoms with van der Waals surface area (Å²) in [4.78, 5) is 0. The van der Waals surface area contributed by atoms with E-state index in [4.69, 9.17) is 0 Å². The third-order valence-corrected chi connectivity index (χ3v) is 2.58. The number of rotatable bonds is 5. The molecule has 0 aliphatic rings. The lowest BCUT2D eigenvalue weighted by Crippen LogP contribution is -2.01. The Labute approximate surface area is 89.4 Å². The molecule has 0 rings (SSSR count). The quantitative estimate of drug-likeness (QED) is 0.551. The molecule has 1 atom stereocenters. The molecule has 0 aromatic heterocycles. The summed E-state index contributed by atoms with van der Waals surface area (Å²) >= 11 is 0. The van der Waals surface area contributed by atoms with E-state index in [0.717, 1.165) is 17.4 Å². The molecule has 0 saturated carbocycles. The molecular formula is C14H24. The molecule has 0 heterocycles. The van der Waals surface area contributed by atoms with E-state index in [9.17, 15) is 0 Å². The zero-order chi connectivity index (χ0) is 11.1. The molecule has 80 valence electrons. The molecule has 0 fully saturated rings. The Morgan fingerprint density at radius 2 is 1.71 bits per heavy atom. The molecule has 1 unspecified atom stereocenters. The average Bonchev–Trinajstić information content (AvgIpc) is 2.10. The lowest BCUT2D eigenvalue weighted by Gasteiger charge is -2.12. The molecule has 0 aromatic rings. The summed E-state index contributed by atoms with van der Waals surface area (Å²) in [5.41, 5.74) is 2.44. The maximum Gasteiger partial charge on any atom is -0.0317 e. The zero-order valence-electron chi connectivity index (χ0n) is 10.3. The predicted molar refractivity (Wildman–Crippen MR) is 66.3 cm³/mol. The summed E-state index contributed by atoms with van der Waals surface area (Å²) in [7, 11) is 0. The first-order valence-corrected chi connectivity index (χ1v) is 5.43. The summed E-state index contributed by atoms with van der Waals surface area (Å²) in [6.07, 6.45) is 7.68. The van der Waals surface area contributed by atoms with E-state index in [2.05, 4.69) is 52.5 Å². The van der Waals surface area contributed by atoms with Crippen LogP contribution in [0.1, 0.15) is 41.0 Å². The summed E-state index contributed by atoms with van der Waals surface area (Å²) in [5.74, 6) is 1.53. The van der Waals surface area contributed by atoms with Crippen LogP contribution in [-0.4, -0.2) is 0 Å². The average molecular weight is 192 g/mol. The van der Waals surface area contributed by atoms with Gasteiger partial charge in [0.25, 0.3) is 0 Å². The van der Waals surface area contributed by atoms with Crippen molar-refractivity contribution in [2.24, 2.45) is 11.8 Å². The SMILES string of the molecule is C=C(C)C=CC(C)=CCC(C)C(C)C. The van der Waals surface area contributed by atoms with Crippen LogP contribution in [0, 0.1) is 11.8 Å². The molecule has 0 spiro atoms. The van der Waals surface area contributed by atoms with Crippen molar-refractivity contribution in [1.29, 1.82) is 0 Å². The van der Waals surface area contributed by atoms with Gasteiger partial charge in [-0.05, 0) is 32.1 Å². The van der Waals surface area contributed by atoms with E-state index < -0.39 is 0 Å². The largest absolute Gasteiger partial charge is 0.0961 e. The van der Waals surface area contributed by atoms with Crippen molar-refractivity contribution in [3.63, 3.8) is 0 Å². The number of hydrogen-bond donors (Lipinski definition) is 0. The van der Waals surface area contributed by atoms with Gasteiger partial charge in [0.2, 0.25) is 0 Å². The minimum Gasteiger partial charge on any atom is -0.0961 e. The first-order valence-electron chi connectivity index (χ1n) is 5.43. The Balaban J connectivity index is 4.06. The van der Waals surface area contributed by atoms with E-state index in [1.54, 1.807) is 0 Å². The van der Waals surface area contributed by atoms with Crippen LogP contribution in [0.15, 0.2) is 36.0 Å². The van der Waals surface area contributed by atoms with E-state index in [1.165, 1.54) is 12.0 Å². The van der Waals surface area contributed by atoms with Crippen molar-refractivity contribution in [1.82, 2.24) is 0 Å². The van der Waals surface area contributed by atoms with Gasteiger partial charge < -0.3 is 0 Å². The van der Waals surface area contributed by atoms with Crippen LogP contribution in [0.3, 0.4) is 0 Å². The Hall–Kier alpha value is -0.780. The second-order valence-corrected chi connectivity index (χ2v) is 4.58. The Kier molecular flexibility index (Phi) is 6.27. The van der Waals surface area contributed by atoms with Gasteiger partial charge in [0.1, 0.15) is 0 Å². The molecule has 0 amide bonds. The van der Waals surface area contributed by atoms with Crippen molar-refractivity contribution >= 4 is 0 Å². The fourth-order valence-corrected chi connectivity index (χ4v) is 0.986. The van der Waals surface area contributed by atoms with Crippen molar-refractivity contribution < 1.29 is 0 Å². The lowest BCUT2D eigenvalue weighted by molar-refractivity contribution is 0.423. The van der Waals surface area contributed by atoms with Gasteiger partial charge in [-0.15, -0.1) is 0 Å². The van der Waals surface area contributed by atoms with E-state index in [1.807, 2.05) is 6.92 Å². The van der Waals surface area contributed by atoms with Crippen molar-refractivity contribution in [3.05, 3.63) is 36.0 Å². The fourth-order valence-electron chi connectivity index (χ4n) is 0.986. The lowest BCUT2D eigenvalue weighted by atomic mass is 9.94. The summed E-state index contributed by atoms with van der Waals surface area (Å²) in [5, 5.41) is 0. The fraction of sp³-hybridized carbons (Fsp3) is 0.571. The maximum absolute atomic E-state index is 3.84. The first-order chi connectivity index (χ1) is 6.43. The molecule has 14 heavy (non-hydrogen) atoms. The van der Waals surface area contributed by atoms with Gasteiger partial charge in [-0.2, -0.15) is 0 Å². The van der Waals surface area contributed by atoms with Gasteiger partial charge in [-0.3, -0.25) is 0 Å². The first kappa shape index (κ1) is 13.2. The van der Waals surface area contributed by atoms with Crippen LogP contribution in [0.4, 0.5) is 0 Å². The summed E-state index contributed by atoms with van der Waals surface area (Å²) in [6.45, 7) is 14.8. The Morgan fingerprint density at radius 3 is 2.14 bits per heavy atom. The molecule has 0 bridgehead atoms. The Morgan fingerprint density at radius 1 is 1.14 bits per heavy atom. The second-order valence-electron chi connectivity index (χ2n) is 4.58. The van der Waals surface area contributed by atoms with Crippen LogP contribution in [0.25, 0.3) is 0 Å². The number of allylic oxidation sites excluding steroid dienone is 5. The molecule has 0 heteroatoms. The van der Waals surface area contributed by atoms with E-state index in [-0.39, 0.29) is 0 Å². The summed E-state index contributed by atoms with van der Waals surface area (Å²) in [6, 6.07) is 0. The molecule has 0 saturated heterocycles. The molecule has 0 aliphatic carbocycles. The third-order valence-electron chi connectivity index (χ3n) is 2.58. The molecule has 0 N–H and O–H groups in total. The van der Waals surface area contributed by atoms with Gasteiger partial charge in [-0.25, -0.2) is 0 Å². The van der Waals surface area contributed by atoms with Gasteiger partial charge >= 0.3 is 0 Å².